The van der Waals surface area contributed by atoms with Crippen molar-refractivity contribution in [2.45, 2.75) is 18.5 Å². The van der Waals surface area contributed by atoms with Gasteiger partial charge in [-0.15, -0.1) is 0 Å². The van der Waals surface area contributed by atoms with E-state index in [9.17, 15) is 18.3 Å². The monoisotopic (exact) mass is 233 g/mol. The first-order valence-electron chi connectivity index (χ1n) is 4.95. The first kappa shape index (κ1) is 12.8. The van der Waals surface area contributed by atoms with Crippen molar-refractivity contribution in [2.24, 2.45) is 0 Å². The molecule has 0 aliphatic carbocycles. The van der Waals surface area contributed by atoms with Gasteiger partial charge in [0.25, 0.3) is 0 Å². The first-order chi connectivity index (χ1) is 7.45. The molecule has 0 amide bonds. The van der Waals surface area contributed by atoms with E-state index in [1.54, 1.807) is 7.05 Å². The van der Waals surface area contributed by atoms with Crippen LogP contribution in [0.1, 0.15) is 17.9 Å². The van der Waals surface area contributed by atoms with E-state index in [4.69, 9.17) is 0 Å². The molecule has 2 N–H and O–H groups in total. The highest BCUT2D eigenvalue weighted by Gasteiger charge is 2.40. The number of hydrogen-bond donors (Lipinski definition) is 2. The molecule has 16 heavy (non-hydrogen) atoms. The second-order valence-corrected chi connectivity index (χ2v) is 3.58. The van der Waals surface area contributed by atoms with Crippen LogP contribution in [0.5, 0.6) is 5.75 Å². The molecule has 0 saturated heterocycles. The minimum absolute atomic E-state index is 0.0382. The van der Waals surface area contributed by atoms with Crippen molar-refractivity contribution in [3.8, 4) is 5.75 Å². The summed E-state index contributed by atoms with van der Waals surface area (Å²) in [5.74, 6) is -1.68. The number of alkyl halides is 3. The van der Waals surface area contributed by atoms with Crippen molar-refractivity contribution < 1.29 is 18.3 Å². The Morgan fingerprint density at radius 2 is 2.06 bits per heavy atom. The van der Waals surface area contributed by atoms with E-state index in [0.717, 1.165) is 6.07 Å². The van der Waals surface area contributed by atoms with Crippen LogP contribution in [0.15, 0.2) is 24.3 Å². The molecule has 0 spiro atoms. The zero-order chi connectivity index (χ0) is 12.2. The van der Waals surface area contributed by atoms with Crippen LogP contribution in [0.4, 0.5) is 13.2 Å². The fraction of sp³-hybridized carbons (Fsp3) is 0.455. The fourth-order valence-corrected chi connectivity index (χ4v) is 1.55. The standard InChI is InChI=1S/C11H14F3NO/c1-15-6-5-10(11(12,13)14)8-3-2-4-9(16)7-8/h2-4,7,10,15-16H,5-6H2,1H3. The Balaban J connectivity index is 2.92. The predicted molar refractivity (Wildman–Crippen MR) is 55.4 cm³/mol. The lowest BCUT2D eigenvalue weighted by Crippen LogP contribution is -2.24. The molecular weight excluding hydrogens is 219 g/mol. The van der Waals surface area contributed by atoms with Crippen molar-refractivity contribution in [3.05, 3.63) is 29.8 Å². The van der Waals surface area contributed by atoms with Gasteiger partial charge in [-0.2, -0.15) is 13.2 Å². The third kappa shape index (κ3) is 3.41. The number of aromatic hydroxyl groups is 1. The van der Waals surface area contributed by atoms with E-state index in [-0.39, 0.29) is 24.3 Å². The van der Waals surface area contributed by atoms with Gasteiger partial charge in [0.15, 0.2) is 0 Å². The van der Waals surface area contributed by atoms with Gasteiger partial charge in [0.05, 0.1) is 5.92 Å². The van der Waals surface area contributed by atoms with E-state index < -0.39 is 12.1 Å². The molecule has 5 heteroatoms. The van der Waals surface area contributed by atoms with Crippen LogP contribution in [-0.2, 0) is 0 Å². The van der Waals surface area contributed by atoms with Gasteiger partial charge in [-0.3, -0.25) is 0 Å². The summed E-state index contributed by atoms with van der Waals surface area (Å²) in [6, 6.07) is 5.32. The number of nitrogens with one attached hydrogen (secondary N) is 1. The lowest BCUT2D eigenvalue weighted by molar-refractivity contribution is -0.151. The molecule has 0 radical (unpaired) electrons. The lowest BCUT2D eigenvalue weighted by Gasteiger charge is -2.20. The minimum Gasteiger partial charge on any atom is -0.508 e. The Bertz CT molecular complexity index is 338. The molecule has 90 valence electrons. The van der Waals surface area contributed by atoms with Crippen molar-refractivity contribution in [1.82, 2.24) is 5.32 Å². The maximum absolute atomic E-state index is 12.8. The number of halogens is 3. The molecular formula is C11H14F3NO. The molecule has 0 heterocycles. The Kier molecular flexibility index (Phi) is 4.18. The second kappa shape index (κ2) is 5.21. The Morgan fingerprint density at radius 3 is 2.56 bits per heavy atom. The molecule has 2 nitrogen and oxygen atoms in total. The molecule has 0 aliphatic heterocycles. The summed E-state index contributed by atoms with van der Waals surface area (Å²) in [7, 11) is 1.61. The SMILES string of the molecule is CNCCC(c1cccc(O)c1)C(F)(F)F. The van der Waals surface area contributed by atoms with Crippen LogP contribution in [-0.4, -0.2) is 24.9 Å². The summed E-state index contributed by atoms with van der Waals surface area (Å²) < 4.78 is 38.3. The molecule has 0 aliphatic rings. The molecule has 0 fully saturated rings. The van der Waals surface area contributed by atoms with Gasteiger partial charge < -0.3 is 10.4 Å². The van der Waals surface area contributed by atoms with E-state index >= 15 is 0 Å². The third-order valence-corrected chi connectivity index (χ3v) is 2.35. The molecule has 0 bridgehead atoms. The van der Waals surface area contributed by atoms with Crippen LogP contribution < -0.4 is 5.32 Å². The van der Waals surface area contributed by atoms with E-state index in [2.05, 4.69) is 5.32 Å². The minimum atomic E-state index is -4.29. The van der Waals surface area contributed by atoms with Gasteiger partial charge in [0.2, 0.25) is 0 Å². The Hall–Kier alpha value is -1.23. The highest BCUT2D eigenvalue weighted by Crippen LogP contribution is 2.37. The summed E-state index contributed by atoms with van der Waals surface area (Å²) in [6.07, 6.45) is -4.33. The van der Waals surface area contributed by atoms with Gasteiger partial charge in [-0.25, -0.2) is 0 Å². The lowest BCUT2D eigenvalue weighted by atomic mass is 9.95. The molecule has 0 saturated carbocycles. The zero-order valence-corrected chi connectivity index (χ0v) is 8.88. The van der Waals surface area contributed by atoms with Crippen molar-refractivity contribution >= 4 is 0 Å². The van der Waals surface area contributed by atoms with Crippen LogP contribution >= 0.6 is 0 Å². The molecule has 0 aromatic heterocycles. The second-order valence-electron chi connectivity index (χ2n) is 3.58. The first-order valence-corrected chi connectivity index (χ1v) is 4.95. The van der Waals surface area contributed by atoms with Gasteiger partial charge >= 0.3 is 6.18 Å². The van der Waals surface area contributed by atoms with Gasteiger partial charge in [0.1, 0.15) is 5.75 Å². The summed E-state index contributed by atoms with van der Waals surface area (Å²) in [6.45, 7) is 0.278. The topological polar surface area (TPSA) is 32.3 Å². The highest BCUT2D eigenvalue weighted by atomic mass is 19.4. The number of hydrogen-bond acceptors (Lipinski definition) is 2. The molecule has 1 atom stereocenters. The number of phenols is 1. The number of rotatable bonds is 4. The molecule has 1 aromatic rings. The predicted octanol–water partition coefficient (Wildman–Crippen LogP) is 2.65. The van der Waals surface area contributed by atoms with Crippen molar-refractivity contribution in [2.75, 3.05) is 13.6 Å². The summed E-state index contributed by atoms with van der Waals surface area (Å²) in [5, 5.41) is 11.9. The van der Waals surface area contributed by atoms with E-state index in [1.807, 2.05) is 0 Å². The zero-order valence-electron chi connectivity index (χ0n) is 8.88. The summed E-state index contributed by atoms with van der Waals surface area (Å²) >= 11 is 0. The van der Waals surface area contributed by atoms with Crippen LogP contribution in [0.25, 0.3) is 0 Å². The Morgan fingerprint density at radius 1 is 1.38 bits per heavy atom. The van der Waals surface area contributed by atoms with Crippen molar-refractivity contribution in [1.29, 1.82) is 0 Å². The van der Waals surface area contributed by atoms with Gasteiger partial charge in [-0.05, 0) is 37.7 Å². The quantitative estimate of drug-likeness (QED) is 0.837. The number of benzene rings is 1. The smallest absolute Gasteiger partial charge is 0.395 e. The van der Waals surface area contributed by atoms with E-state index in [0.29, 0.717) is 0 Å². The average molecular weight is 233 g/mol. The fourth-order valence-electron chi connectivity index (χ4n) is 1.55. The normalized spacial score (nSPS) is 13.8. The van der Waals surface area contributed by atoms with E-state index in [1.165, 1.54) is 18.2 Å². The molecule has 1 unspecified atom stereocenters. The number of phenolic OH excluding ortho intramolecular Hbond substituents is 1. The summed E-state index contributed by atoms with van der Waals surface area (Å²) in [4.78, 5) is 0. The van der Waals surface area contributed by atoms with Crippen molar-refractivity contribution in [3.63, 3.8) is 0 Å². The average Bonchev–Trinajstić information content (AvgIpc) is 2.16. The maximum atomic E-state index is 12.8. The van der Waals surface area contributed by atoms with Crippen LogP contribution in [0.3, 0.4) is 0 Å². The summed E-state index contributed by atoms with van der Waals surface area (Å²) in [5.41, 5.74) is 0.0998. The highest BCUT2D eigenvalue weighted by molar-refractivity contribution is 5.30. The third-order valence-electron chi connectivity index (χ3n) is 2.35. The maximum Gasteiger partial charge on any atom is 0.395 e. The molecule has 1 aromatic carbocycles. The van der Waals surface area contributed by atoms with Gasteiger partial charge in [0, 0.05) is 0 Å². The van der Waals surface area contributed by atoms with Crippen LogP contribution in [0.2, 0.25) is 0 Å². The molecule has 1 rings (SSSR count). The van der Waals surface area contributed by atoms with Gasteiger partial charge in [-0.1, -0.05) is 12.1 Å². The van der Waals surface area contributed by atoms with Crippen LogP contribution in [0, 0.1) is 0 Å². The largest absolute Gasteiger partial charge is 0.508 e. The Labute approximate surface area is 92.1 Å².